The number of amides is 1. The number of nitrogens with one attached hydrogen (secondary N) is 1. The Balaban J connectivity index is 1.96. The second-order valence-electron chi connectivity index (χ2n) is 6.97. The number of aliphatic hydroxyl groups is 1. The van der Waals surface area contributed by atoms with Crippen LogP contribution in [0.3, 0.4) is 0 Å². The van der Waals surface area contributed by atoms with Crippen LogP contribution in [-0.2, 0) is 4.79 Å². The first kappa shape index (κ1) is 15.2. The third-order valence-corrected chi connectivity index (χ3v) is 6.65. The first-order valence-corrected chi connectivity index (χ1v) is 8.69. The lowest BCUT2D eigenvalue weighted by Crippen LogP contribution is -2.49. The van der Waals surface area contributed by atoms with Crippen LogP contribution in [-0.4, -0.2) is 35.2 Å². The van der Waals surface area contributed by atoms with Crippen molar-refractivity contribution in [3.8, 4) is 0 Å². The summed E-state index contributed by atoms with van der Waals surface area (Å²) in [4.78, 5) is 12.1. The molecule has 2 bridgehead atoms. The fourth-order valence-electron chi connectivity index (χ4n) is 4.05. The fraction of sp³-hybridized carbons (Fsp3) is 0.933. The van der Waals surface area contributed by atoms with Crippen molar-refractivity contribution in [2.24, 2.45) is 16.7 Å². The van der Waals surface area contributed by atoms with Crippen LogP contribution in [0.4, 0.5) is 0 Å². The highest BCUT2D eigenvalue weighted by atomic mass is 32.2. The van der Waals surface area contributed by atoms with E-state index in [0.29, 0.717) is 17.8 Å². The summed E-state index contributed by atoms with van der Waals surface area (Å²) in [6.45, 7) is 6.97. The molecule has 2 saturated carbocycles. The third kappa shape index (κ3) is 2.42. The highest BCUT2D eigenvalue weighted by Gasteiger charge is 2.61. The van der Waals surface area contributed by atoms with E-state index in [9.17, 15) is 9.90 Å². The number of carbonyl (C=O) groups excluding carboxylic acids is 1. The van der Waals surface area contributed by atoms with Crippen LogP contribution in [0.1, 0.15) is 46.5 Å². The number of hydrogen-bond donors (Lipinski definition) is 2. The summed E-state index contributed by atoms with van der Waals surface area (Å²) in [5.41, 5.74) is 0.488. The van der Waals surface area contributed by atoms with Crippen LogP contribution in [0.15, 0.2) is 0 Å². The maximum Gasteiger partial charge on any atom is 0.249 e. The predicted molar refractivity (Wildman–Crippen MR) is 80.2 cm³/mol. The Morgan fingerprint density at radius 1 is 1.47 bits per heavy atom. The second-order valence-corrected chi connectivity index (χ2v) is 7.95. The Kier molecular flexibility index (Phi) is 4.22. The van der Waals surface area contributed by atoms with Crippen molar-refractivity contribution in [3.63, 3.8) is 0 Å². The molecule has 0 spiro atoms. The smallest absolute Gasteiger partial charge is 0.249 e. The summed E-state index contributed by atoms with van der Waals surface area (Å²) < 4.78 is 0. The lowest BCUT2D eigenvalue weighted by atomic mass is 9.69. The molecule has 0 aromatic rings. The van der Waals surface area contributed by atoms with Crippen molar-refractivity contribution in [1.29, 1.82) is 0 Å². The maximum atomic E-state index is 12.1. The number of thioether (sulfide) groups is 1. The van der Waals surface area contributed by atoms with Gasteiger partial charge in [0, 0.05) is 6.04 Å². The van der Waals surface area contributed by atoms with E-state index in [1.54, 1.807) is 11.8 Å². The molecule has 0 aromatic heterocycles. The molecule has 4 atom stereocenters. The monoisotopic (exact) mass is 285 g/mol. The van der Waals surface area contributed by atoms with Crippen molar-refractivity contribution in [2.45, 2.75) is 58.6 Å². The zero-order chi connectivity index (χ0) is 14.3. The molecule has 110 valence electrons. The second kappa shape index (κ2) is 5.28. The minimum atomic E-state index is -0.849. The van der Waals surface area contributed by atoms with Crippen LogP contribution >= 0.6 is 11.8 Å². The molecule has 2 fully saturated rings. The molecule has 0 aliphatic heterocycles. The van der Waals surface area contributed by atoms with Gasteiger partial charge in [0.15, 0.2) is 0 Å². The standard InChI is InChI=1S/C15H27NO2S/c1-14(2)10-5-7-15(14,3)12(9-10)16-13(18)11(17)6-8-19-4/h10-12,17H,5-9H2,1-4H3,(H,16,18)/t10-,11+,12-,15+/m1/s1. The van der Waals surface area contributed by atoms with Gasteiger partial charge in [-0.3, -0.25) is 4.79 Å². The van der Waals surface area contributed by atoms with Crippen molar-refractivity contribution in [3.05, 3.63) is 0 Å². The molecule has 0 aromatic carbocycles. The molecule has 0 heterocycles. The average molecular weight is 285 g/mol. The molecule has 0 radical (unpaired) electrons. The molecule has 3 nitrogen and oxygen atoms in total. The van der Waals surface area contributed by atoms with Gasteiger partial charge in [-0.2, -0.15) is 11.8 Å². The van der Waals surface area contributed by atoms with Gasteiger partial charge in [-0.15, -0.1) is 0 Å². The Morgan fingerprint density at radius 2 is 2.16 bits per heavy atom. The molecule has 19 heavy (non-hydrogen) atoms. The van der Waals surface area contributed by atoms with Crippen LogP contribution < -0.4 is 5.32 Å². The normalized spacial score (nSPS) is 37.3. The molecule has 0 saturated heterocycles. The van der Waals surface area contributed by atoms with E-state index in [-0.39, 0.29) is 17.4 Å². The lowest BCUT2D eigenvalue weighted by molar-refractivity contribution is -0.131. The number of fused-ring (bicyclic) bond motifs is 2. The highest BCUT2D eigenvalue weighted by Crippen LogP contribution is 2.65. The van der Waals surface area contributed by atoms with E-state index in [4.69, 9.17) is 0 Å². The largest absolute Gasteiger partial charge is 0.383 e. The van der Waals surface area contributed by atoms with Crippen molar-refractivity contribution in [1.82, 2.24) is 5.32 Å². The van der Waals surface area contributed by atoms with Crippen molar-refractivity contribution < 1.29 is 9.90 Å². The van der Waals surface area contributed by atoms with Gasteiger partial charge in [-0.05, 0) is 54.4 Å². The van der Waals surface area contributed by atoms with Gasteiger partial charge in [-0.25, -0.2) is 0 Å². The topological polar surface area (TPSA) is 49.3 Å². The Hall–Kier alpha value is -0.220. The summed E-state index contributed by atoms with van der Waals surface area (Å²) in [6.07, 6.45) is 5.23. The summed E-state index contributed by atoms with van der Waals surface area (Å²) in [5.74, 6) is 1.36. The first-order chi connectivity index (χ1) is 8.83. The molecular weight excluding hydrogens is 258 g/mol. The minimum Gasteiger partial charge on any atom is -0.383 e. The first-order valence-electron chi connectivity index (χ1n) is 7.30. The number of hydrogen-bond acceptors (Lipinski definition) is 3. The molecule has 2 aliphatic rings. The SMILES string of the molecule is CSCC[C@H](O)C(=O)N[C@@H]1C[C@H]2CC[C@]1(C)C2(C)C. The van der Waals surface area contributed by atoms with Gasteiger partial charge in [0.05, 0.1) is 0 Å². The van der Waals surface area contributed by atoms with Crippen molar-refractivity contribution in [2.75, 3.05) is 12.0 Å². The van der Waals surface area contributed by atoms with Gasteiger partial charge >= 0.3 is 0 Å². The van der Waals surface area contributed by atoms with Gasteiger partial charge in [-0.1, -0.05) is 20.8 Å². The molecule has 2 aliphatic carbocycles. The fourth-order valence-corrected chi connectivity index (χ4v) is 4.51. The van der Waals surface area contributed by atoms with Crippen LogP contribution in [0.2, 0.25) is 0 Å². The van der Waals surface area contributed by atoms with Gasteiger partial charge in [0.2, 0.25) is 5.91 Å². The molecule has 0 unspecified atom stereocenters. The van der Waals surface area contributed by atoms with E-state index < -0.39 is 6.10 Å². The molecule has 1 amide bonds. The van der Waals surface area contributed by atoms with Crippen LogP contribution in [0.5, 0.6) is 0 Å². The Labute approximate surface area is 120 Å². The zero-order valence-corrected chi connectivity index (χ0v) is 13.3. The molecule has 2 rings (SSSR count). The Morgan fingerprint density at radius 3 is 2.63 bits per heavy atom. The summed E-state index contributed by atoms with van der Waals surface area (Å²) in [5, 5.41) is 13.0. The zero-order valence-electron chi connectivity index (χ0n) is 12.5. The third-order valence-electron chi connectivity index (χ3n) is 6.01. The van der Waals surface area contributed by atoms with Crippen LogP contribution in [0, 0.1) is 16.7 Å². The van der Waals surface area contributed by atoms with Crippen molar-refractivity contribution >= 4 is 17.7 Å². The quantitative estimate of drug-likeness (QED) is 0.815. The van der Waals surface area contributed by atoms with E-state index >= 15 is 0 Å². The average Bonchev–Trinajstić information content (AvgIpc) is 2.68. The van der Waals surface area contributed by atoms with E-state index in [1.807, 2.05) is 6.26 Å². The number of aliphatic hydroxyl groups excluding tert-OH is 1. The number of rotatable bonds is 5. The van der Waals surface area contributed by atoms with E-state index in [1.165, 1.54) is 12.8 Å². The van der Waals surface area contributed by atoms with Gasteiger partial charge in [0.25, 0.3) is 0 Å². The molecule has 2 N–H and O–H groups in total. The summed E-state index contributed by atoms with van der Waals surface area (Å²) in [6, 6.07) is 0.234. The maximum absolute atomic E-state index is 12.1. The van der Waals surface area contributed by atoms with Gasteiger partial charge < -0.3 is 10.4 Å². The lowest BCUT2D eigenvalue weighted by Gasteiger charge is -2.39. The number of carbonyl (C=O) groups is 1. The minimum absolute atomic E-state index is 0.177. The van der Waals surface area contributed by atoms with Crippen LogP contribution in [0.25, 0.3) is 0 Å². The summed E-state index contributed by atoms with van der Waals surface area (Å²) in [7, 11) is 0. The van der Waals surface area contributed by atoms with Gasteiger partial charge in [0.1, 0.15) is 6.10 Å². The van der Waals surface area contributed by atoms with E-state index in [2.05, 4.69) is 26.1 Å². The highest BCUT2D eigenvalue weighted by molar-refractivity contribution is 7.98. The molecular formula is C15H27NO2S. The Bertz CT molecular complexity index is 358. The van der Waals surface area contributed by atoms with E-state index in [0.717, 1.165) is 12.2 Å². The molecule has 4 heteroatoms. The summed E-state index contributed by atoms with van der Waals surface area (Å²) >= 11 is 1.66. The predicted octanol–water partition coefficient (Wildman–Crippen LogP) is 2.43.